The third-order valence-corrected chi connectivity index (χ3v) is 3.79. The largest absolute Gasteiger partial charge is 0.363 e. The molecule has 0 radical (unpaired) electrons. The second kappa shape index (κ2) is 6.27. The third-order valence-electron chi connectivity index (χ3n) is 3.79. The fourth-order valence-electron chi connectivity index (χ4n) is 2.53. The van der Waals surface area contributed by atoms with Gasteiger partial charge in [-0.15, -0.1) is 0 Å². The fourth-order valence-corrected chi connectivity index (χ4v) is 2.53. The van der Waals surface area contributed by atoms with E-state index in [4.69, 9.17) is 0 Å². The summed E-state index contributed by atoms with van der Waals surface area (Å²) in [6.07, 6.45) is 4.55. The summed E-state index contributed by atoms with van der Waals surface area (Å²) in [5.41, 5.74) is 1.81. The van der Waals surface area contributed by atoms with Gasteiger partial charge >= 0.3 is 0 Å². The SMILES string of the molecule is Fc1ccccc1CNc1nc(-c2cnc3ccccn23)ncc1F. The van der Waals surface area contributed by atoms with Gasteiger partial charge in [-0.1, -0.05) is 24.3 Å². The first-order chi connectivity index (χ1) is 12.2. The van der Waals surface area contributed by atoms with Crippen LogP contribution in [-0.2, 0) is 6.54 Å². The van der Waals surface area contributed by atoms with Gasteiger partial charge in [0.25, 0.3) is 0 Å². The van der Waals surface area contributed by atoms with Gasteiger partial charge in [0.15, 0.2) is 17.5 Å². The number of nitrogens with zero attached hydrogens (tertiary/aromatic N) is 4. The van der Waals surface area contributed by atoms with Crippen LogP contribution in [0.3, 0.4) is 0 Å². The molecular formula is C18H13F2N5. The average Bonchev–Trinajstić information content (AvgIpc) is 3.06. The highest BCUT2D eigenvalue weighted by atomic mass is 19.1. The van der Waals surface area contributed by atoms with Crippen molar-refractivity contribution in [1.29, 1.82) is 0 Å². The zero-order chi connectivity index (χ0) is 17.2. The van der Waals surface area contributed by atoms with E-state index in [0.29, 0.717) is 17.1 Å². The first kappa shape index (κ1) is 15.2. The number of anilines is 1. The fraction of sp³-hybridized carbons (Fsp3) is 0.0556. The molecule has 0 aliphatic rings. The molecule has 4 rings (SSSR count). The Hall–Kier alpha value is -3.35. The molecular weight excluding hydrogens is 324 g/mol. The summed E-state index contributed by atoms with van der Waals surface area (Å²) in [6.45, 7) is 0.118. The summed E-state index contributed by atoms with van der Waals surface area (Å²) < 4.78 is 29.5. The van der Waals surface area contributed by atoms with E-state index in [1.165, 1.54) is 6.07 Å². The van der Waals surface area contributed by atoms with Crippen molar-refractivity contribution in [2.24, 2.45) is 0 Å². The van der Waals surface area contributed by atoms with E-state index in [1.54, 1.807) is 24.4 Å². The molecule has 0 saturated carbocycles. The third kappa shape index (κ3) is 2.91. The minimum absolute atomic E-state index is 0.0131. The topological polar surface area (TPSA) is 55.1 Å². The minimum Gasteiger partial charge on any atom is -0.363 e. The van der Waals surface area contributed by atoms with Crippen molar-refractivity contribution in [2.75, 3.05) is 5.32 Å². The number of nitrogens with one attached hydrogen (secondary N) is 1. The Balaban J connectivity index is 1.66. The maximum Gasteiger partial charge on any atom is 0.183 e. The number of fused-ring (bicyclic) bond motifs is 1. The van der Waals surface area contributed by atoms with Crippen LogP contribution < -0.4 is 5.32 Å². The number of halogens is 2. The van der Waals surface area contributed by atoms with E-state index in [9.17, 15) is 8.78 Å². The van der Waals surface area contributed by atoms with Crippen LogP contribution in [0.1, 0.15) is 5.56 Å². The van der Waals surface area contributed by atoms with Crippen molar-refractivity contribution in [3.05, 3.63) is 78.3 Å². The quantitative estimate of drug-likeness (QED) is 0.617. The highest BCUT2D eigenvalue weighted by molar-refractivity contribution is 5.58. The summed E-state index contributed by atoms with van der Waals surface area (Å²) in [5.74, 6) is -0.615. The lowest BCUT2D eigenvalue weighted by atomic mass is 10.2. The molecule has 3 heterocycles. The highest BCUT2D eigenvalue weighted by Gasteiger charge is 2.12. The van der Waals surface area contributed by atoms with Gasteiger partial charge in [0.2, 0.25) is 0 Å². The number of aromatic nitrogens is 4. The molecule has 0 bridgehead atoms. The lowest BCUT2D eigenvalue weighted by Crippen LogP contribution is -2.07. The van der Waals surface area contributed by atoms with Crippen LogP contribution in [0.4, 0.5) is 14.6 Å². The molecule has 25 heavy (non-hydrogen) atoms. The molecule has 124 valence electrons. The number of hydrogen-bond acceptors (Lipinski definition) is 4. The summed E-state index contributed by atoms with van der Waals surface area (Å²) in [6, 6.07) is 11.9. The number of rotatable bonds is 4. The molecule has 0 atom stereocenters. The normalized spacial score (nSPS) is 11.0. The maximum absolute atomic E-state index is 14.0. The predicted octanol–water partition coefficient (Wildman–Crippen LogP) is 3.68. The molecule has 1 N–H and O–H groups in total. The molecule has 0 fully saturated rings. The van der Waals surface area contributed by atoms with E-state index >= 15 is 0 Å². The van der Waals surface area contributed by atoms with E-state index in [0.717, 1.165) is 11.8 Å². The Morgan fingerprint density at radius 2 is 1.76 bits per heavy atom. The Morgan fingerprint density at radius 1 is 0.920 bits per heavy atom. The monoisotopic (exact) mass is 337 g/mol. The standard InChI is InChI=1S/C18H13F2N5/c19-13-6-2-1-5-12(13)9-22-17-14(20)10-23-18(24-17)15-11-21-16-7-3-4-8-25(15)16/h1-8,10-11H,9H2,(H,22,23,24). The van der Waals surface area contributed by atoms with Crippen molar-refractivity contribution >= 4 is 11.5 Å². The Kier molecular flexibility index (Phi) is 3.81. The van der Waals surface area contributed by atoms with Crippen LogP contribution in [0.5, 0.6) is 0 Å². The lowest BCUT2D eigenvalue weighted by Gasteiger charge is -2.09. The van der Waals surface area contributed by atoms with Gasteiger partial charge < -0.3 is 5.32 Å². The molecule has 0 aliphatic carbocycles. The first-order valence-electron chi connectivity index (χ1n) is 7.64. The molecule has 0 saturated heterocycles. The van der Waals surface area contributed by atoms with Crippen LogP contribution >= 0.6 is 0 Å². The Morgan fingerprint density at radius 3 is 2.64 bits per heavy atom. The first-order valence-corrected chi connectivity index (χ1v) is 7.64. The molecule has 7 heteroatoms. The van der Waals surface area contributed by atoms with E-state index in [-0.39, 0.29) is 18.2 Å². The predicted molar refractivity (Wildman–Crippen MR) is 89.9 cm³/mol. The van der Waals surface area contributed by atoms with E-state index in [2.05, 4.69) is 20.3 Å². The molecule has 0 amide bonds. The van der Waals surface area contributed by atoms with Gasteiger partial charge in [-0.2, -0.15) is 0 Å². The molecule has 0 unspecified atom stereocenters. The summed E-state index contributed by atoms with van der Waals surface area (Å²) in [4.78, 5) is 12.5. The molecule has 0 spiro atoms. The van der Waals surface area contributed by atoms with Gasteiger partial charge in [-0.3, -0.25) is 4.40 Å². The maximum atomic E-state index is 14.0. The molecule has 0 aliphatic heterocycles. The van der Waals surface area contributed by atoms with Gasteiger partial charge in [0.05, 0.1) is 12.4 Å². The van der Waals surface area contributed by atoms with Gasteiger partial charge in [0, 0.05) is 18.3 Å². The Labute approximate surface area is 142 Å². The van der Waals surface area contributed by atoms with E-state index in [1.807, 2.05) is 28.8 Å². The number of imidazole rings is 1. The highest BCUT2D eigenvalue weighted by Crippen LogP contribution is 2.20. The second-order valence-electron chi connectivity index (χ2n) is 5.41. The number of hydrogen-bond donors (Lipinski definition) is 1. The van der Waals surface area contributed by atoms with Crippen LogP contribution in [-0.4, -0.2) is 19.4 Å². The van der Waals surface area contributed by atoms with Crippen molar-refractivity contribution in [3.63, 3.8) is 0 Å². The second-order valence-corrected chi connectivity index (χ2v) is 5.41. The summed E-state index contributed by atoms with van der Waals surface area (Å²) in [5, 5.41) is 2.82. The summed E-state index contributed by atoms with van der Waals surface area (Å²) in [7, 11) is 0. The minimum atomic E-state index is -0.603. The number of pyridine rings is 1. The smallest absolute Gasteiger partial charge is 0.183 e. The lowest BCUT2D eigenvalue weighted by molar-refractivity contribution is 0.607. The molecule has 3 aromatic heterocycles. The van der Waals surface area contributed by atoms with Crippen LogP contribution in [0.25, 0.3) is 17.2 Å². The van der Waals surface area contributed by atoms with Crippen molar-refractivity contribution in [2.45, 2.75) is 6.54 Å². The summed E-state index contributed by atoms with van der Waals surface area (Å²) >= 11 is 0. The average molecular weight is 337 g/mol. The molecule has 4 aromatic rings. The van der Waals surface area contributed by atoms with Gasteiger partial charge in [-0.05, 0) is 18.2 Å². The van der Waals surface area contributed by atoms with Crippen molar-refractivity contribution in [1.82, 2.24) is 19.4 Å². The number of benzene rings is 1. The van der Waals surface area contributed by atoms with Crippen molar-refractivity contribution < 1.29 is 8.78 Å². The zero-order valence-electron chi connectivity index (χ0n) is 13.0. The van der Waals surface area contributed by atoms with Crippen LogP contribution in [0, 0.1) is 11.6 Å². The zero-order valence-corrected chi connectivity index (χ0v) is 13.0. The van der Waals surface area contributed by atoms with Gasteiger partial charge in [0.1, 0.15) is 17.2 Å². The van der Waals surface area contributed by atoms with Crippen LogP contribution in [0.2, 0.25) is 0 Å². The van der Waals surface area contributed by atoms with E-state index < -0.39 is 5.82 Å². The molecule has 1 aromatic carbocycles. The Bertz CT molecular complexity index is 1040. The van der Waals surface area contributed by atoms with Crippen LogP contribution in [0.15, 0.2) is 61.1 Å². The van der Waals surface area contributed by atoms with Gasteiger partial charge in [-0.25, -0.2) is 23.7 Å². The molecule has 5 nitrogen and oxygen atoms in total. The van der Waals surface area contributed by atoms with Crippen molar-refractivity contribution in [3.8, 4) is 11.5 Å².